The molecule has 0 aliphatic heterocycles. The molecular formula is C8H6F2N4S. The molecule has 15 heavy (non-hydrogen) atoms. The van der Waals surface area contributed by atoms with Gasteiger partial charge in [0.25, 0.3) is 0 Å². The van der Waals surface area contributed by atoms with Gasteiger partial charge < -0.3 is 0 Å². The lowest BCUT2D eigenvalue weighted by Crippen LogP contribution is -2.05. The van der Waals surface area contributed by atoms with E-state index in [1.165, 1.54) is 13.0 Å². The highest BCUT2D eigenvalue weighted by atomic mass is 32.1. The molecule has 1 aromatic carbocycles. The molecule has 0 amide bonds. The highest BCUT2D eigenvalue weighted by molar-refractivity contribution is 7.71. The molecule has 2 rings (SSSR count). The highest BCUT2D eigenvalue weighted by Gasteiger charge is 2.14. The Morgan fingerprint density at radius 1 is 1.40 bits per heavy atom. The Kier molecular flexibility index (Phi) is 2.31. The van der Waals surface area contributed by atoms with E-state index in [0.717, 1.165) is 10.7 Å². The Balaban J connectivity index is 2.78. The fourth-order valence-corrected chi connectivity index (χ4v) is 1.36. The summed E-state index contributed by atoms with van der Waals surface area (Å²) in [5, 5.41) is 9.11. The van der Waals surface area contributed by atoms with Crippen LogP contribution in [0.2, 0.25) is 0 Å². The summed E-state index contributed by atoms with van der Waals surface area (Å²) in [5.41, 5.74) is 0.0351. The fourth-order valence-electron chi connectivity index (χ4n) is 1.19. The first-order valence-electron chi connectivity index (χ1n) is 4.06. The Bertz CT molecular complexity index is 560. The van der Waals surface area contributed by atoms with Gasteiger partial charge in [0.15, 0.2) is 11.6 Å². The van der Waals surface area contributed by atoms with E-state index in [1.54, 1.807) is 0 Å². The molecule has 1 aromatic heterocycles. The number of hydrogen-bond donors (Lipinski definition) is 1. The SMILES string of the molecule is Cc1ccc(F)c(-n2[nH]nnc2=S)c1F. The van der Waals surface area contributed by atoms with Crippen LogP contribution < -0.4 is 0 Å². The minimum atomic E-state index is -0.722. The van der Waals surface area contributed by atoms with Gasteiger partial charge in [0.2, 0.25) is 4.77 Å². The summed E-state index contributed by atoms with van der Waals surface area (Å²) in [7, 11) is 0. The van der Waals surface area contributed by atoms with Crippen LogP contribution in [0.15, 0.2) is 12.1 Å². The molecule has 0 aliphatic carbocycles. The minimum absolute atomic E-state index is 0.0293. The lowest BCUT2D eigenvalue weighted by molar-refractivity contribution is 0.550. The number of nitrogens with one attached hydrogen (secondary N) is 1. The van der Waals surface area contributed by atoms with E-state index in [4.69, 9.17) is 12.2 Å². The largest absolute Gasteiger partial charge is 0.243 e. The monoisotopic (exact) mass is 228 g/mol. The maximum atomic E-state index is 13.6. The fraction of sp³-hybridized carbons (Fsp3) is 0.125. The summed E-state index contributed by atoms with van der Waals surface area (Å²) in [4.78, 5) is 0. The van der Waals surface area contributed by atoms with Crippen LogP contribution in [0.25, 0.3) is 5.69 Å². The maximum Gasteiger partial charge on any atom is 0.243 e. The van der Waals surface area contributed by atoms with Gasteiger partial charge in [0.05, 0.1) is 0 Å². The van der Waals surface area contributed by atoms with Gasteiger partial charge in [-0.05, 0) is 30.8 Å². The van der Waals surface area contributed by atoms with Gasteiger partial charge in [-0.2, -0.15) is 5.21 Å². The Morgan fingerprint density at radius 3 is 2.73 bits per heavy atom. The molecule has 0 radical (unpaired) electrons. The predicted octanol–water partition coefficient (Wildman–Crippen LogP) is 1.91. The van der Waals surface area contributed by atoms with Gasteiger partial charge in [-0.25, -0.2) is 13.5 Å². The van der Waals surface area contributed by atoms with Crippen molar-refractivity contribution in [1.82, 2.24) is 20.2 Å². The van der Waals surface area contributed by atoms with Crippen LogP contribution in [0, 0.1) is 23.3 Å². The number of halogens is 2. The van der Waals surface area contributed by atoms with Gasteiger partial charge in [-0.1, -0.05) is 16.4 Å². The van der Waals surface area contributed by atoms with Gasteiger partial charge in [-0.15, -0.1) is 0 Å². The molecule has 1 N–H and O–H groups in total. The molecule has 2 aromatic rings. The van der Waals surface area contributed by atoms with E-state index < -0.39 is 11.6 Å². The average Bonchev–Trinajstić information content (AvgIpc) is 2.60. The number of rotatable bonds is 1. The second kappa shape index (κ2) is 3.50. The standard InChI is InChI=1S/C8H6F2N4S/c1-4-2-3-5(9)7(6(4)10)14-8(15)11-12-13-14/h2-3H,1H3,(H,11,13,15). The number of aromatic amines is 1. The molecule has 0 atom stereocenters. The maximum absolute atomic E-state index is 13.6. The lowest BCUT2D eigenvalue weighted by Gasteiger charge is -2.06. The third-order valence-electron chi connectivity index (χ3n) is 1.96. The van der Waals surface area contributed by atoms with Crippen molar-refractivity contribution in [3.63, 3.8) is 0 Å². The molecule has 0 unspecified atom stereocenters. The van der Waals surface area contributed by atoms with Crippen molar-refractivity contribution in [3.8, 4) is 5.69 Å². The smallest absolute Gasteiger partial charge is 0.204 e. The van der Waals surface area contributed by atoms with Crippen molar-refractivity contribution < 1.29 is 8.78 Å². The third kappa shape index (κ3) is 1.54. The van der Waals surface area contributed by atoms with Crippen LogP contribution in [0.3, 0.4) is 0 Å². The predicted molar refractivity (Wildman–Crippen MR) is 51.2 cm³/mol. The molecule has 4 nitrogen and oxygen atoms in total. The van der Waals surface area contributed by atoms with Crippen LogP contribution in [0.5, 0.6) is 0 Å². The molecule has 0 fully saturated rings. The Morgan fingerprint density at radius 2 is 2.13 bits per heavy atom. The molecule has 0 spiro atoms. The van der Waals surface area contributed by atoms with E-state index in [2.05, 4.69) is 15.5 Å². The lowest BCUT2D eigenvalue weighted by atomic mass is 10.2. The number of aryl methyl sites for hydroxylation is 1. The van der Waals surface area contributed by atoms with Gasteiger partial charge in [-0.3, -0.25) is 0 Å². The van der Waals surface area contributed by atoms with Crippen LogP contribution in [-0.2, 0) is 0 Å². The van der Waals surface area contributed by atoms with Crippen molar-refractivity contribution in [3.05, 3.63) is 34.1 Å². The van der Waals surface area contributed by atoms with E-state index in [0.29, 0.717) is 5.56 Å². The van der Waals surface area contributed by atoms with Crippen molar-refractivity contribution in [2.75, 3.05) is 0 Å². The number of benzene rings is 1. The summed E-state index contributed by atoms with van der Waals surface area (Å²) >= 11 is 4.75. The first-order valence-corrected chi connectivity index (χ1v) is 4.47. The Hall–Kier alpha value is -1.63. The third-order valence-corrected chi connectivity index (χ3v) is 2.22. The van der Waals surface area contributed by atoms with E-state index in [9.17, 15) is 8.78 Å². The number of tetrazole rings is 1. The zero-order valence-corrected chi connectivity index (χ0v) is 8.48. The summed E-state index contributed by atoms with van der Waals surface area (Å²) < 4.78 is 28.0. The highest BCUT2D eigenvalue weighted by Crippen LogP contribution is 2.19. The Labute approximate surface area is 88.5 Å². The summed E-state index contributed by atoms with van der Waals surface area (Å²) in [6, 6.07) is 2.51. The number of H-pyrrole nitrogens is 1. The zero-order chi connectivity index (χ0) is 11.0. The van der Waals surface area contributed by atoms with E-state index >= 15 is 0 Å². The second-order valence-electron chi connectivity index (χ2n) is 2.94. The molecule has 7 heteroatoms. The van der Waals surface area contributed by atoms with Gasteiger partial charge in [0, 0.05) is 0 Å². The van der Waals surface area contributed by atoms with Crippen molar-refractivity contribution in [1.29, 1.82) is 0 Å². The van der Waals surface area contributed by atoms with Crippen molar-refractivity contribution in [2.24, 2.45) is 0 Å². The molecule has 78 valence electrons. The quantitative estimate of drug-likeness (QED) is 0.758. The molecular weight excluding hydrogens is 222 g/mol. The first-order chi connectivity index (χ1) is 7.11. The molecule has 1 heterocycles. The summed E-state index contributed by atoms with van der Waals surface area (Å²) in [6.45, 7) is 1.53. The normalized spacial score (nSPS) is 10.6. The average molecular weight is 228 g/mol. The van der Waals surface area contributed by atoms with Crippen LogP contribution >= 0.6 is 12.2 Å². The van der Waals surface area contributed by atoms with Crippen LogP contribution in [0.1, 0.15) is 5.56 Å². The topological polar surface area (TPSA) is 46.5 Å². The summed E-state index contributed by atoms with van der Waals surface area (Å²) in [6.07, 6.45) is 0. The van der Waals surface area contributed by atoms with Crippen LogP contribution in [-0.4, -0.2) is 20.2 Å². The van der Waals surface area contributed by atoms with Crippen LogP contribution in [0.4, 0.5) is 8.78 Å². The molecule has 0 bridgehead atoms. The van der Waals surface area contributed by atoms with E-state index in [-0.39, 0.29) is 10.5 Å². The number of nitrogens with zero attached hydrogens (tertiary/aromatic N) is 3. The number of hydrogen-bond acceptors (Lipinski definition) is 3. The van der Waals surface area contributed by atoms with Gasteiger partial charge >= 0.3 is 0 Å². The summed E-state index contributed by atoms with van der Waals surface area (Å²) in [5.74, 6) is -1.41. The van der Waals surface area contributed by atoms with Gasteiger partial charge in [0.1, 0.15) is 5.69 Å². The first kappa shape index (κ1) is 9.91. The molecule has 0 aliphatic rings. The molecule has 0 saturated heterocycles. The van der Waals surface area contributed by atoms with E-state index in [1.807, 2.05) is 0 Å². The minimum Gasteiger partial charge on any atom is -0.204 e. The van der Waals surface area contributed by atoms with Crippen molar-refractivity contribution >= 4 is 12.2 Å². The second-order valence-corrected chi connectivity index (χ2v) is 3.31. The molecule has 0 saturated carbocycles. The zero-order valence-electron chi connectivity index (χ0n) is 7.66. The number of aromatic nitrogens is 4. The van der Waals surface area contributed by atoms with Crippen molar-refractivity contribution in [2.45, 2.75) is 6.92 Å².